The molecule has 0 spiro atoms. The zero-order chi connectivity index (χ0) is 15.2. The van der Waals surface area contributed by atoms with E-state index in [4.69, 9.17) is 0 Å². The Balaban J connectivity index is 2.01. The van der Waals surface area contributed by atoms with Crippen molar-refractivity contribution in [1.29, 1.82) is 0 Å². The van der Waals surface area contributed by atoms with E-state index in [1.165, 1.54) is 18.2 Å². The summed E-state index contributed by atoms with van der Waals surface area (Å²) in [7, 11) is 1.34. The Morgan fingerprint density at radius 3 is 2.67 bits per heavy atom. The third-order valence-corrected chi connectivity index (χ3v) is 3.88. The lowest BCUT2D eigenvalue weighted by molar-refractivity contribution is 0.187. The lowest BCUT2D eigenvalue weighted by atomic mass is 10.1. The number of carbonyl (C=O) groups excluding carboxylic acids is 1. The van der Waals surface area contributed by atoms with Crippen LogP contribution in [0.2, 0.25) is 0 Å². The Morgan fingerprint density at radius 1 is 1.19 bits per heavy atom. The number of ether oxygens (including phenoxy) is 1. The Hall–Kier alpha value is -2.01. The number of methoxy groups -OCH3 is 1. The van der Waals surface area contributed by atoms with Crippen LogP contribution >= 0.6 is 15.9 Å². The Labute approximate surface area is 132 Å². The molecule has 2 N–H and O–H groups in total. The van der Waals surface area contributed by atoms with E-state index in [9.17, 15) is 4.79 Å². The summed E-state index contributed by atoms with van der Waals surface area (Å²) in [5.41, 5.74) is 4.01. The summed E-state index contributed by atoms with van der Waals surface area (Å²) >= 11 is 3.53. The highest BCUT2D eigenvalue weighted by Gasteiger charge is 2.02. The van der Waals surface area contributed by atoms with Gasteiger partial charge in [-0.15, -0.1) is 0 Å². The highest BCUT2D eigenvalue weighted by Crippen LogP contribution is 2.20. The summed E-state index contributed by atoms with van der Waals surface area (Å²) in [5, 5.41) is 5.96. The average Bonchev–Trinajstić information content (AvgIpc) is 2.49. The van der Waals surface area contributed by atoms with Crippen LogP contribution in [0.1, 0.15) is 11.1 Å². The van der Waals surface area contributed by atoms with Crippen LogP contribution in [0.15, 0.2) is 46.9 Å². The van der Waals surface area contributed by atoms with Gasteiger partial charge in [0.2, 0.25) is 0 Å². The van der Waals surface area contributed by atoms with Gasteiger partial charge < -0.3 is 10.1 Å². The summed E-state index contributed by atoms with van der Waals surface area (Å²) in [6, 6.07) is 13.8. The maximum atomic E-state index is 11.2. The average molecular weight is 349 g/mol. The summed E-state index contributed by atoms with van der Waals surface area (Å²) in [4.78, 5) is 11.2. The van der Waals surface area contributed by atoms with Gasteiger partial charge in [0, 0.05) is 22.4 Å². The van der Waals surface area contributed by atoms with Crippen LogP contribution in [-0.2, 0) is 11.3 Å². The first-order chi connectivity index (χ1) is 10.1. The second-order valence-corrected chi connectivity index (χ2v) is 5.49. The first-order valence-corrected chi connectivity index (χ1v) is 7.31. The minimum absolute atomic E-state index is 0.477. The molecule has 0 unspecified atom stereocenters. The van der Waals surface area contributed by atoms with Crippen molar-refractivity contribution in [1.82, 2.24) is 0 Å². The van der Waals surface area contributed by atoms with Crippen LogP contribution in [0.5, 0.6) is 0 Å². The van der Waals surface area contributed by atoms with Gasteiger partial charge in [-0.3, -0.25) is 5.32 Å². The van der Waals surface area contributed by atoms with Gasteiger partial charge in [0.15, 0.2) is 0 Å². The molecular formula is C16H17BrN2O2. The van der Waals surface area contributed by atoms with Crippen LogP contribution < -0.4 is 10.6 Å². The predicted octanol–water partition coefficient (Wildman–Crippen LogP) is 4.55. The number of halogens is 1. The Kier molecular flexibility index (Phi) is 5.22. The van der Waals surface area contributed by atoms with Crippen LogP contribution in [0.3, 0.4) is 0 Å². The van der Waals surface area contributed by atoms with Crippen molar-refractivity contribution in [2.75, 3.05) is 17.7 Å². The number of nitrogens with one attached hydrogen (secondary N) is 2. The number of hydrogen-bond donors (Lipinski definition) is 2. The molecule has 4 nitrogen and oxygen atoms in total. The van der Waals surface area contributed by atoms with Crippen molar-refractivity contribution in [3.63, 3.8) is 0 Å². The zero-order valence-electron chi connectivity index (χ0n) is 11.9. The molecular weight excluding hydrogens is 332 g/mol. The Morgan fingerprint density at radius 2 is 1.95 bits per heavy atom. The normalized spacial score (nSPS) is 10.0. The number of amides is 1. The maximum Gasteiger partial charge on any atom is 0.411 e. The van der Waals surface area contributed by atoms with Gasteiger partial charge in [0.1, 0.15) is 0 Å². The zero-order valence-corrected chi connectivity index (χ0v) is 13.5. The molecule has 0 radical (unpaired) electrons. The van der Waals surface area contributed by atoms with Gasteiger partial charge in [0.25, 0.3) is 0 Å². The molecule has 5 heteroatoms. The molecule has 0 aromatic heterocycles. The third kappa shape index (κ3) is 4.49. The van der Waals surface area contributed by atoms with Gasteiger partial charge in [-0.2, -0.15) is 0 Å². The molecule has 0 aliphatic heterocycles. The standard InChI is InChI=1S/C16H17BrN2O2/c1-11-6-7-12(8-15(11)17)10-18-13-4-3-5-14(9-13)19-16(20)21-2/h3-9,18H,10H2,1-2H3,(H,19,20). The molecule has 0 aliphatic carbocycles. The SMILES string of the molecule is COC(=O)Nc1cccc(NCc2ccc(C)c(Br)c2)c1. The summed E-state index contributed by atoms with van der Waals surface area (Å²) in [6.45, 7) is 2.77. The molecule has 1 amide bonds. The first-order valence-electron chi connectivity index (χ1n) is 6.52. The van der Waals surface area contributed by atoms with E-state index in [2.05, 4.69) is 56.4 Å². The predicted molar refractivity (Wildman–Crippen MR) is 88.7 cm³/mol. The number of anilines is 2. The third-order valence-electron chi connectivity index (χ3n) is 3.03. The van der Waals surface area contributed by atoms with Crippen LogP contribution in [0, 0.1) is 6.92 Å². The number of hydrogen-bond acceptors (Lipinski definition) is 3. The maximum absolute atomic E-state index is 11.2. The molecule has 0 fully saturated rings. The minimum Gasteiger partial charge on any atom is -0.453 e. The van der Waals surface area contributed by atoms with Gasteiger partial charge in [-0.05, 0) is 42.3 Å². The van der Waals surface area contributed by atoms with Gasteiger partial charge >= 0.3 is 6.09 Å². The molecule has 0 saturated heterocycles. The van der Waals surface area contributed by atoms with Gasteiger partial charge in [0.05, 0.1) is 7.11 Å². The van der Waals surface area contributed by atoms with E-state index in [0.717, 1.165) is 10.2 Å². The lowest BCUT2D eigenvalue weighted by Crippen LogP contribution is -2.11. The Bertz CT molecular complexity index is 644. The van der Waals surface area contributed by atoms with E-state index in [1.807, 2.05) is 24.3 Å². The number of rotatable bonds is 4. The fourth-order valence-electron chi connectivity index (χ4n) is 1.83. The molecule has 2 aromatic carbocycles. The fraction of sp³-hybridized carbons (Fsp3) is 0.188. The fourth-order valence-corrected chi connectivity index (χ4v) is 2.25. The largest absolute Gasteiger partial charge is 0.453 e. The molecule has 2 rings (SSSR count). The monoisotopic (exact) mass is 348 g/mol. The molecule has 0 aliphatic rings. The van der Waals surface area contributed by atoms with Crippen molar-refractivity contribution in [3.8, 4) is 0 Å². The van der Waals surface area contributed by atoms with E-state index >= 15 is 0 Å². The minimum atomic E-state index is -0.477. The molecule has 2 aromatic rings. The highest BCUT2D eigenvalue weighted by atomic mass is 79.9. The topological polar surface area (TPSA) is 50.4 Å². The quantitative estimate of drug-likeness (QED) is 0.852. The second kappa shape index (κ2) is 7.13. The van der Waals surface area contributed by atoms with Crippen molar-refractivity contribution >= 4 is 33.4 Å². The molecule has 0 saturated carbocycles. The summed E-state index contributed by atoms with van der Waals surface area (Å²) < 4.78 is 5.67. The van der Waals surface area contributed by atoms with E-state index in [1.54, 1.807) is 0 Å². The molecule has 21 heavy (non-hydrogen) atoms. The van der Waals surface area contributed by atoms with Crippen LogP contribution in [-0.4, -0.2) is 13.2 Å². The first kappa shape index (κ1) is 15.4. The molecule has 110 valence electrons. The summed E-state index contributed by atoms with van der Waals surface area (Å²) in [6.07, 6.45) is -0.477. The number of benzene rings is 2. The lowest BCUT2D eigenvalue weighted by Gasteiger charge is -2.10. The number of carbonyl (C=O) groups is 1. The molecule has 0 atom stereocenters. The smallest absolute Gasteiger partial charge is 0.411 e. The highest BCUT2D eigenvalue weighted by molar-refractivity contribution is 9.10. The van der Waals surface area contributed by atoms with Crippen molar-refractivity contribution in [2.24, 2.45) is 0 Å². The van der Waals surface area contributed by atoms with Crippen LogP contribution in [0.25, 0.3) is 0 Å². The van der Waals surface area contributed by atoms with Gasteiger partial charge in [-0.25, -0.2) is 4.79 Å². The van der Waals surface area contributed by atoms with Crippen molar-refractivity contribution in [3.05, 3.63) is 58.1 Å². The van der Waals surface area contributed by atoms with E-state index < -0.39 is 6.09 Å². The van der Waals surface area contributed by atoms with Crippen LogP contribution in [0.4, 0.5) is 16.2 Å². The van der Waals surface area contributed by atoms with Crippen molar-refractivity contribution in [2.45, 2.75) is 13.5 Å². The molecule has 0 heterocycles. The second-order valence-electron chi connectivity index (χ2n) is 4.63. The van der Waals surface area contributed by atoms with E-state index in [0.29, 0.717) is 12.2 Å². The van der Waals surface area contributed by atoms with Crippen molar-refractivity contribution < 1.29 is 9.53 Å². The van der Waals surface area contributed by atoms with Gasteiger partial charge in [-0.1, -0.05) is 34.1 Å². The molecule has 0 bridgehead atoms. The number of aryl methyl sites for hydroxylation is 1. The van der Waals surface area contributed by atoms with E-state index in [-0.39, 0.29) is 0 Å². The summed E-state index contributed by atoms with van der Waals surface area (Å²) in [5.74, 6) is 0.